The average molecular weight is 151 g/mol. The van der Waals surface area contributed by atoms with Crippen LogP contribution in [0.2, 0.25) is 0 Å². The van der Waals surface area contributed by atoms with Crippen molar-refractivity contribution in [1.29, 1.82) is 0 Å². The van der Waals surface area contributed by atoms with Gasteiger partial charge in [0.15, 0.2) is 5.78 Å². The van der Waals surface area contributed by atoms with Crippen LogP contribution in [0.1, 0.15) is 13.8 Å². The van der Waals surface area contributed by atoms with E-state index in [9.17, 15) is 4.79 Å². The normalized spacial score (nSPS) is 16.1. The third kappa shape index (κ3) is 1.93. The Morgan fingerprint density at radius 2 is 2.36 bits per heavy atom. The molecule has 60 valence electrons. The zero-order chi connectivity index (χ0) is 8.27. The van der Waals surface area contributed by atoms with Crippen LogP contribution in [0.15, 0.2) is 23.9 Å². The van der Waals surface area contributed by atoms with Crippen molar-refractivity contribution in [2.45, 2.75) is 13.8 Å². The predicted molar refractivity (Wildman–Crippen MR) is 45.1 cm³/mol. The van der Waals surface area contributed by atoms with Crippen LogP contribution < -0.4 is 5.32 Å². The lowest BCUT2D eigenvalue weighted by Crippen LogP contribution is -2.21. The maximum absolute atomic E-state index is 11.4. The van der Waals surface area contributed by atoms with Crippen LogP contribution in [0.4, 0.5) is 0 Å². The molecule has 0 bridgehead atoms. The summed E-state index contributed by atoms with van der Waals surface area (Å²) < 4.78 is 0. The summed E-state index contributed by atoms with van der Waals surface area (Å²) in [6.45, 7) is 4.51. The molecule has 0 aromatic heterocycles. The lowest BCUT2D eigenvalue weighted by Gasteiger charge is -2.11. The smallest absolute Gasteiger partial charge is 0.163 e. The summed E-state index contributed by atoms with van der Waals surface area (Å²) in [5.74, 6) is 0.344. The number of hydrogen-bond acceptors (Lipinski definition) is 2. The molecule has 0 saturated carbocycles. The maximum Gasteiger partial charge on any atom is 0.163 e. The van der Waals surface area contributed by atoms with E-state index in [-0.39, 0.29) is 11.7 Å². The molecule has 1 aliphatic heterocycles. The summed E-state index contributed by atoms with van der Waals surface area (Å²) in [5, 5.41) is 3.00. The molecule has 11 heavy (non-hydrogen) atoms. The lowest BCUT2D eigenvalue weighted by atomic mass is 10.00. The van der Waals surface area contributed by atoms with Gasteiger partial charge in [-0.05, 0) is 12.3 Å². The van der Waals surface area contributed by atoms with Crippen LogP contribution in [0.3, 0.4) is 0 Å². The van der Waals surface area contributed by atoms with Gasteiger partial charge in [-0.3, -0.25) is 4.79 Å². The number of ketones is 1. The molecule has 0 fully saturated rings. The van der Waals surface area contributed by atoms with Crippen molar-refractivity contribution in [3.8, 4) is 0 Å². The second-order valence-corrected chi connectivity index (χ2v) is 2.95. The summed E-state index contributed by atoms with van der Waals surface area (Å²) in [5.41, 5.74) is 0.877. The van der Waals surface area contributed by atoms with Gasteiger partial charge in [0.05, 0.1) is 0 Å². The second-order valence-electron chi connectivity index (χ2n) is 2.95. The molecule has 0 atom stereocenters. The molecule has 0 spiro atoms. The zero-order valence-electron chi connectivity index (χ0n) is 6.92. The molecule has 1 N–H and O–H groups in total. The average Bonchev–Trinajstić information content (AvgIpc) is 2.05. The van der Waals surface area contributed by atoms with Crippen LogP contribution in [-0.2, 0) is 4.79 Å². The monoisotopic (exact) mass is 151 g/mol. The highest BCUT2D eigenvalue weighted by Crippen LogP contribution is 2.07. The maximum atomic E-state index is 11.4. The standard InChI is InChI=1S/C9H13NO/c1-7(2)9(11)8-4-3-5-10-6-8/h3-5,7,10H,6H2,1-2H3. The van der Waals surface area contributed by atoms with Gasteiger partial charge < -0.3 is 5.32 Å². The molecular weight excluding hydrogens is 138 g/mol. The highest BCUT2D eigenvalue weighted by Gasteiger charge is 2.12. The van der Waals surface area contributed by atoms with Gasteiger partial charge in [-0.2, -0.15) is 0 Å². The Kier molecular flexibility index (Phi) is 2.47. The first-order valence-corrected chi connectivity index (χ1v) is 3.85. The van der Waals surface area contributed by atoms with E-state index in [0.717, 1.165) is 5.57 Å². The molecule has 0 amide bonds. The van der Waals surface area contributed by atoms with Crippen LogP contribution >= 0.6 is 0 Å². The number of allylic oxidation sites excluding steroid dienone is 2. The minimum atomic E-state index is 0.106. The third-order valence-corrected chi connectivity index (χ3v) is 1.64. The molecule has 0 aromatic rings. The van der Waals surface area contributed by atoms with E-state index in [1.807, 2.05) is 32.2 Å². The van der Waals surface area contributed by atoms with Gasteiger partial charge in [-0.25, -0.2) is 0 Å². The summed E-state index contributed by atoms with van der Waals surface area (Å²) in [6.07, 6.45) is 5.58. The number of rotatable bonds is 2. The number of carbonyl (C=O) groups is 1. The van der Waals surface area contributed by atoms with Gasteiger partial charge in [0.1, 0.15) is 0 Å². The van der Waals surface area contributed by atoms with Crippen molar-refractivity contribution in [2.75, 3.05) is 6.54 Å². The first-order valence-electron chi connectivity index (χ1n) is 3.85. The Morgan fingerprint density at radius 3 is 2.82 bits per heavy atom. The van der Waals surface area contributed by atoms with Gasteiger partial charge in [-0.1, -0.05) is 19.9 Å². The molecule has 0 radical (unpaired) electrons. The van der Waals surface area contributed by atoms with Crippen molar-refractivity contribution >= 4 is 5.78 Å². The molecular formula is C9H13NO. The van der Waals surface area contributed by atoms with Crippen molar-refractivity contribution in [1.82, 2.24) is 5.32 Å². The minimum Gasteiger partial charge on any atom is -0.387 e. The SMILES string of the molecule is CC(C)C(=O)C1=CC=CNC1. The summed E-state index contributed by atoms with van der Waals surface area (Å²) in [7, 11) is 0. The number of nitrogens with one attached hydrogen (secondary N) is 1. The number of Topliss-reactive ketones (excluding diaryl/α,β-unsaturated/α-hetero) is 1. The highest BCUT2D eigenvalue weighted by molar-refractivity contribution is 5.97. The Labute approximate surface area is 67.0 Å². The van der Waals surface area contributed by atoms with Crippen LogP contribution in [0, 0.1) is 5.92 Å². The molecule has 2 nitrogen and oxygen atoms in total. The van der Waals surface area contributed by atoms with Gasteiger partial charge >= 0.3 is 0 Å². The summed E-state index contributed by atoms with van der Waals surface area (Å²) in [4.78, 5) is 11.4. The largest absolute Gasteiger partial charge is 0.387 e. The predicted octanol–water partition coefficient (Wildman–Crippen LogP) is 1.25. The van der Waals surface area contributed by atoms with Gasteiger partial charge in [0.2, 0.25) is 0 Å². The molecule has 0 aliphatic carbocycles. The molecule has 0 aromatic carbocycles. The van der Waals surface area contributed by atoms with Crippen LogP contribution in [0.25, 0.3) is 0 Å². The molecule has 1 rings (SSSR count). The number of hydrogen-bond donors (Lipinski definition) is 1. The summed E-state index contributed by atoms with van der Waals surface area (Å²) in [6, 6.07) is 0. The topological polar surface area (TPSA) is 29.1 Å². The number of dihydropyridines is 1. The van der Waals surface area contributed by atoms with E-state index in [0.29, 0.717) is 6.54 Å². The Bertz CT molecular complexity index is 214. The lowest BCUT2D eigenvalue weighted by molar-refractivity contribution is -0.118. The van der Waals surface area contributed by atoms with E-state index in [1.54, 1.807) is 0 Å². The molecule has 1 heterocycles. The fourth-order valence-corrected chi connectivity index (χ4v) is 1.00. The fourth-order valence-electron chi connectivity index (χ4n) is 1.00. The van der Waals surface area contributed by atoms with Crippen molar-refractivity contribution in [2.24, 2.45) is 5.92 Å². The first kappa shape index (κ1) is 8.05. The zero-order valence-corrected chi connectivity index (χ0v) is 6.92. The minimum absolute atomic E-state index is 0.106. The van der Waals surface area contributed by atoms with E-state index >= 15 is 0 Å². The Morgan fingerprint density at radius 1 is 1.64 bits per heavy atom. The first-order chi connectivity index (χ1) is 5.22. The van der Waals surface area contributed by atoms with E-state index < -0.39 is 0 Å². The van der Waals surface area contributed by atoms with Crippen LogP contribution in [-0.4, -0.2) is 12.3 Å². The number of carbonyl (C=O) groups excluding carboxylic acids is 1. The fraction of sp³-hybridized carbons (Fsp3) is 0.444. The molecule has 0 unspecified atom stereocenters. The molecule has 0 saturated heterocycles. The van der Waals surface area contributed by atoms with E-state index in [2.05, 4.69) is 5.32 Å². The Hall–Kier alpha value is -1.05. The van der Waals surface area contributed by atoms with Crippen LogP contribution in [0.5, 0.6) is 0 Å². The van der Waals surface area contributed by atoms with Gasteiger partial charge in [-0.15, -0.1) is 0 Å². The van der Waals surface area contributed by atoms with Gasteiger partial charge in [0.25, 0.3) is 0 Å². The quantitative estimate of drug-likeness (QED) is 0.643. The second kappa shape index (κ2) is 3.37. The van der Waals surface area contributed by atoms with E-state index in [1.165, 1.54) is 0 Å². The van der Waals surface area contributed by atoms with Crippen molar-refractivity contribution < 1.29 is 4.79 Å². The molecule has 1 aliphatic rings. The molecule has 2 heteroatoms. The Balaban J connectivity index is 2.66. The highest BCUT2D eigenvalue weighted by atomic mass is 16.1. The third-order valence-electron chi connectivity index (χ3n) is 1.64. The van der Waals surface area contributed by atoms with Crippen molar-refractivity contribution in [3.05, 3.63) is 23.9 Å². The van der Waals surface area contributed by atoms with E-state index in [4.69, 9.17) is 0 Å². The van der Waals surface area contributed by atoms with Gasteiger partial charge in [0, 0.05) is 18.0 Å². The van der Waals surface area contributed by atoms with Crippen molar-refractivity contribution in [3.63, 3.8) is 0 Å². The summed E-state index contributed by atoms with van der Waals surface area (Å²) >= 11 is 0.